The molecular formula is C14H18N2O2. The summed E-state index contributed by atoms with van der Waals surface area (Å²) in [6.45, 7) is 2.17. The number of methoxy groups -OCH3 is 1. The number of hydrogen-bond acceptors (Lipinski definition) is 3. The number of aryl methyl sites for hydroxylation is 1. The van der Waals surface area contributed by atoms with Crippen LogP contribution in [0.2, 0.25) is 0 Å². The first-order valence-electron chi connectivity index (χ1n) is 6.32. The Morgan fingerprint density at radius 1 is 1.39 bits per heavy atom. The normalized spacial score (nSPS) is 10.8. The molecule has 18 heavy (non-hydrogen) atoms. The molecule has 2 rings (SSSR count). The van der Waals surface area contributed by atoms with E-state index in [0.717, 1.165) is 24.2 Å². The molecule has 0 amide bonds. The molecule has 1 aromatic heterocycles. The minimum atomic E-state index is -0.341. The summed E-state index contributed by atoms with van der Waals surface area (Å²) in [4.78, 5) is 19.4. The second-order valence-electron chi connectivity index (χ2n) is 4.33. The third kappa shape index (κ3) is 2.53. The van der Waals surface area contributed by atoms with E-state index in [2.05, 4.69) is 16.9 Å². The van der Waals surface area contributed by atoms with Gasteiger partial charge in [0.25, 0.3) is 0 Å². The van der Waals surface area contributed by atoms with Gasteiger partial charge in [-0.05, 0) is 18.6 Å². The number of aromatic nitrogens is 2. The molecule has 0 unspecified atom stereocenters. The highest BCUT2D eigenvalue weighted by atomic mass is 16.5. The third-order valence-electron chi connectivity index (χ3n) is 2.98. The maximum atomic E-state index is 11.6. The number of rotatable bonds is 5. The summed E-state index contributed by atoms with van der Waals surface area (Å²) in [6.07, 6.45) is 4.42. The number of H-pyrrole nitrogens is 1. The van der Waals surface area contributed by atoms with Crippen LogP contribution in [0, 0.1) is 0 Å². The van der Waals surface area contributed by atoms with Crippen LogP contribution >= 0.6 is 0 Å². The molecule has 4 heteroatoms. The van der Waals surface area contributed by atoms with Gasteiger partial charge in [-0.3, -0.25) is 0 Å². The Hall–Kier alpha value is -1.84. The zero-order chi connectivity index (χ0) is 13.0. The number of aromatic amines is 1. The van der Waals surface area contributed by atoms with Crippen molar-refractivity contribution in [3.63, 3.8) is 0 Å². The standard InChI is InChI=1S/C14H18N2O2/c1-3-4-5-9-12-15-11-8-6-7-10(13(11)16-12)14(17)18-2/h6-8H,3-5,9H2,1-2H3,(H,15,16). The molecule has 0 saturated carbocycles. The second-order valence-corrected chi connectivity index (χ2v) is 4.33. The molecule has 0 saturated heterocycles. The molecule has 4 nitrogen and oxygen atoms in total. The molecule has 0 aliphatic heterocycles. The lowest BCUT2D eigenvalue weighted by Crippen LogP contribution is -2.01. The van der Waals surface area contributed by atoms with Crippen molar-refractivity contribution in [2.45, 2.75) is 32.6 Å². The number of unbranched alkanes of at least 4 members (excludes halogenated alkanes) is 2. The lowest BCUT2D eigenvalue weighted by molar-refractivity contribution is 0.0603. The van der Waals surface area contributed by atoms with Gasteiger partial charge in [0.2, 0.25) is 0 Å². The van der Waals surface area contributed by atoms with Crippen molar-refractivity contribution in [3.8, 4) is 0 Å². The van der Waals surface area contributed by atoms with Crippen molar-refractivity contribution in [3.05, 3.63) is 29.6 Å². The van der Waals surface area contributed by atoms with E-state index in [0.29, 0.717) is 11.1 Å². The van der Waals surface area contributed by atoms with E-state index in [1.807, 2.05) is 12.1 Å². The fraction of sp³-hybridized carbons (Fsp3) is 0.429. The average molecular weight is 246 g/mol. The molecule has 0 aliphatic rings. The number of imidazole rings is 1. The van der Waals surface area contributed by atoms with Crippen molar-refractivity contribution in [1.29, 1.82) is 0 Å². The number of nitrogens with zero attached hydrogens (tertiary/aromatic N) is 1. The Kier molecular flexibility index (Phi) is 3.97. The number of nitrogens with one attached hydrogen (secondary N) is 1. The molecule has 0 aliphatic carbocycles. The fourth-order valence-corrected chi connectivity index (χ4v) is 2.02. The van der Waals surface area contributed by atoms with Crippen molar-refractivity contribution >= 4 is 17.0 Å². The molecule has 2 aromatic rings. The van der Waals surface area contributed by atoms with Gasteiger partial charge in [0.05, 0.1) is 18.2 Å². The Bertz CT molecular complexity index is 546. The van der Waals surface area contributed by atoms with Crippen LogP contribution in [0.3, 0.4) is 0 Å². The summed E-state index contributed by atoms with van der Waals surface area (Å²) in [5, 5.41) is 0. The molecule has 0 spiro atoms. The van der Waals surface area contributed by atoms with E-state index < -0.39 is 0 Å². The summed E-state index contributed by atoms with van der Waals surface area (Å²) in [6, 6.07) is 5.51. The summed E-state index contributed by atoms with van der Waals surface area (Å²) in [5.41, 5.74) is 2.12. The minimum Gasteiger partial charge on any atom is -0.465 e. The number of carbonyl (C=O) groups excluding carboxylic acids is 1. The monoisotopic (exact) mass is 246 g/mol. The predicted molar refractivity (Wildman–Crippen MR) is 70.7 cm³/mol. The zero-order valence-electron chi connectivity index (χ0n) is 10.8. The topological polar surface area (TPSA) is 55.0 Å². The summed E-state index contributed by atoms with van der Waals surface area (Å²) in [7, 11) is 1.38. The van der Waals surface area contributed by atoms with Gasteiger partial charge in [-0.25, -0.2) is 9.78 Å². The molecular weight excluding hydrogens is 228 g/mol. The minimum absolute atomic E-state index is 0.341. The highest BCUT2D eigenvalue weighted by molar-refractivity contribution is 6.01. The summed E-state index contributed by atoms with van der Waals surface area (Å²) >= 11 is 0. The Labute approximate surface area is 106 Å². The van der Waals surface area contributed by atoms with Crippen molar-refractivity contribution in [2.24, 2.45) is 0 Å². The highest BCUT2D eigenvalue weighted by Gasteiger charge is 2.13. The van der Waals surface area contributed by atoms with Gasteiger partial charge in [0.1, 0.15) is 11.3 Å². The van der Waals surface area contributed by atoms with E-state index in [1.54, 1.807) is 6.07 Å². The third-order valence-corrected chi connectivity index (χ3v) is 2.98. The first kappa shape index (κ1) is 12.6. The Morgan fingerprint density at radius 3 is 2.94 bits per heavy atom. The molecule has 1 heterocycles. The van der Waals surface area contributed by atoms with Crippen LogP contribution in [-0.4, -0.2) is 23.0 Å². The van der Waals surface area contributed by atoms with E-state index in [-0.39, 0.29) is 5.97 Å². The van der Waals surface area contributed by atoms with Crippen LogP contribution in [0.1, 0.15) is 42.4 Å². The lowest BCUT2D eigenvalue weighted by Gasteiger charge is -1.98. The summed E-state index contributed by atoms with van der Waals surface area (Å²) < 4.78 is 4.76. The van der Waals surface area contributed by atoms with Crippen LogP contribution < -0.4 is 0 Å². The Balaban J connectivity index is 2.29. The second kappa shape index (κ2) is 5.67. The average Bonchev–Trinajstić information content (AvgIpc) is 2.80. The van der Waals surface area contributed by atoms with Crippen molar-refractivity contribution in [2.75, 3.05) is 7.11 Å². The van der Waals surface area contributed by atoms with Crippen molar-refractivity contribution < 1.29 is 9.53 Å². The fourth-order valence-electron chi connectivity index (χ4n) is 2.02. The van der Waals surface area contributed by atoms with Gasteiger partial charge < -0.3 is 9.72 Å². The zero-order valence-corrected chi connectivity index (χ0v) is 10.8. The number of esters is 1. The lowest BCUT2D eigenvalue weighted by atomic mass is 10.2. The Morgan fingerprint density at radius 2 is 2.22 bits per heavy atom. The highest BCUT2D eigenvalue weighted by Crippen LogP contribution is 2.18. The van der Waals surface area contributed by atoms with Crippen LogP contribution in [-0.2, 0) is 11.2 Å². The van der Waals surface area contributed by atoms with E-state index in [1.165, 1.54) is 20.0 Å². The van der Waals surface area contributed by atoms with E-state index >= 15 is 0 Å². The molecule has 0 atom stereocenters. The largest absolute Gasteiger partial charge is 0.465 e. The molecule has 96 valence electrons. The van der Waals surface area contributed by atoms with Crippen molar-refractivity contribution in [1.82, 2.24) is 9.97 Å². The van der Waals surface area contributed by atoms with Crippen LogP contribution in [0.4, 0.5) is 0 Å². The van der Waals surface area contributed by atoms with Crippen LogP contribution in [0.25, 0.3) is 11.0 Å². The van der Waals surface area contributed by atoms with Gasteiger partial charge in [-0.1, -0.05) is 25.8 Å². The molecule has 0 radical (unpaired) electrons. The number of ether oxygens (including phenoxy) is 1. The quantitative estimate of drug-likeness (QED) is 0.651. The van der Waals surface area contributed by atoms with Gasteiger partial charge in [0.15, 0.2) is 0 Å². The van der Waals surface area contributed by atoms with Gasteiger partial charge >= 0.3 is 5.97 Å². The predicted octanol–water partition coefficient (Wildman–Crippen LogP) is 3.08. The van der Waals surface area contributed by atoms with Crippen LogP contribution in [0.5, 0.6) is 0 Å². The molecule has 0 fully saturated rings. The maximum absolute atomic E-state index is 11.6. The van der Waals surface area contributed by atoms with E-state index in [4.69, 9.17) is 4.74 Å². The molecule has 1 N–H and O–H groups in total. The number of carbonyl (C=O) groups is 1. The molecule has 1 aromatic carbocycles. The van der Waals surface area contributed by atoms with Gasteiger partial charge in [-0.15, -0.1) is 0 Å². The SMILES string of the molecule is CCCCCc1nc2c(C(=O)OC)cccc2[nH]1. The first-order chi connectivity index (χ1) is 8.76. The van der Waals surface area contributed by atoms with Gasteiger partial charge in [0, 0.05) is 6.42 Å². The number of para-hydroxylation sites is 1. The number of hydrogen-bond donors (Lipinski definition) is 1. The summed E-state index contributed by atoms with van der Waals surface area (Å²) in [5.74, 6) is 0.599. The molecule has 0 bridgehead atoms. The number of fused-ring (bicyclic) bond motifs is 1. The first-order valence-corrected chi connectivity index (χ1v) is 6.32. The van der Waals surface area contributed by atoms with E-state index in [9.17, 15) is 4.79 Å². The number of benzene rings is 1. The smallest absolute Gasteiger partial charge is 0.340 e. The van der Waals surface area contributed by atoms with Crippen LogP contribution in [0.15, 0.2) is 18.2 Å². The van der Waals surface area contributed by atoms with Gasteiger partial charge in [-0.2, -0.15) is 0 Å². The maximum Gasteiger partial charge on any atom is 0.340 e.